The molecule has 0 bridgehead atoms. The third-order valence-corrected chi connectivity index (χ3v) is 6.45. The number of hydrogen-bond donors (Lipinski definition) is 1. The molecule has 5 heteroatoms. The predicted molar refractivity (Wildman–Crippen MR) is 89.3 cm³/mol. The maximum Gasteiger partial charge on any atom is 0.123 e. The maximum absolute atomic E-state index is 12.9. The molecule has 2 aromatic rings. The number of nitrogens with zero attached hydrogens (tertiary/aromatic N) is 1. The predicted octanol–water partition coefficient (Wildman–Crippen LogP) is 4.32. The van der Waals surface area contributed by atoms with Crippen molar-refractivity contribution < 1.29 is 4.39 Å². The van der Waals surface area contributed by atoms with E-state index in [-0.39, 0.29) is 5.82 Å². The van der Waals surface area contributed by atoms with Crippen LogP contribution in [0.1, 0.15) is 25.0 Å². The summed E-state index contributed by atoms with van der Waals surface area (Å²) in [7, 11) is 0. The molecule has 3 rings (SSSR count). The van der Waals surface area contributed by atoms with Crippen molar-refractivity contribution in [2.75, 3.05) is 12.8 Å². The number of thiazole rings is 1. The zero-order valence-corrected chi connectivity index (χ0v) is 13.7. The van der Waals surface area contributed by atoms with Crippen LogP contribution in [-0.4, -0.2) is 22.5 Å². The Morgan fingerprint density at radius 3 is 2.71 bits per heavy atom. The smallest absolute Gasteiger partial charge is 0.123 e. The number of nitrogens with one attached hydrogen (secondary N) is 1. The van der Waals surface area contributed by atoms with Gasteiger partial charge in [0.25, 0.3) is 0 Å². The Morgan fingerprint density at radius 2 is 2.10 bits per heavy atom. The van der Waals surface area contributed by atoms with Crippen LogP contribution in [0.3, 0.4) is 0 Å². The highest BCUT2D eigenvalue weighted by atomic mass is 32.2. The molecule has 0 atom stereocenters. The van der Waals surface area contributed by atoms with Gasteiger partial charge in [-0.3, -0.25) is 0 Å². The van der Waals surface area contributed by atoms with Crippen LogP contribution in [-0.2, 0) is 6.54 Å². The summed E-state index contributed by atoms with van der Waals surface area (Å²) in [6.07, 6.45) is 6.20. The van der Waals surface area contributed by atoms with Crippen molar-refractivity contribution >= 4 is 23.1 Å². The quantitative estimate of drug-likeness (QED) is 0.857. The topological polar surface area (TPSA) is 24.9 Å². The highest BCUT2D eigenvalue weighted by Crippen LogP contribution is 2.42. The molecule has 1 N–H and O–H groups in total. The number of rotatable bonds is 6. The van der Waals surface area contributed by atoms with E-state index in [0.29, 0.717) is 4.75 Å². The summed E-state index contributed by atoms with van der Waals surface area (Å²) in [6, 6.07) is 6.52. The highest BCUT2D eigenvalue weighted by molar-refractivity contribution is 8.00. The van der Waals surface area contributed by atoms with Crippen molar-refractivity contribution in [2.45, 2.75) is 30.6 Å². The molecule has 0 unspecified atom stereocenters. The average Bonchev–Trinajstić information content (AvgIpc) is 2.91. The standard InChI is InChI=1S/C16H19FN2S2/c1-20-16(7-2-8-16)11-18-9-14-10-21-15(19-14)12-3-5-13(17)6-4-12/h3-6,10,18H,2,7-9,11H2,1H3. The monoisotopic (exact) mass is 322 g/mol. The zero-order chi connectivity index (χ0) is 14.7. The zero-order valence-electron chi connectivity index (χ0n) is 12.1. The van der Waals surface area contributed by atoms with Gasteiger partial charge in [-0.25, -0.2) is 9.37 Å². The van der Waals surface area contributed by atoms with E-state index in [2.05, 4.69) is 21.9 Å². The summed E-state index contributed by atoms with van der Waals surface area (Å²) < 4.78 is 13.4. The van der Waals surface area contributed by atoms with Crippen molar-refractivity contribution in [3.8, 4) is 10.6 Å². The van der Waals surface area contributed by atoms with Crippen LogP contribution < -0.4 is 5.32 Å². The number of aromatic nitrogens is 1. The number of benzene rings is 1. The summed E-state index contributed by atoms with van der Waals surface area (Å²) in [4.78, 5) is 4.63. The molecular weight excluding hydrogens is 303 g/mol. The Bertz CT molecular complexity index is 585. The fraction of sp³-hybridized carbons (Fsp3) is 0.438. The summed E-state index contributed by atoms with van der Waals surface area (Å²) in [6.45, 7) is 1.86. The van der Waals surface area contributed by atoms with E-state index >= 15 is 0 Å². The van der Waals surface area contributed by atoms with Crippen molar-refractivity contribution in [2.24, 2.45) is 0 Å². The van der Waals surface area contributed by atoms with E-state index in [1.54, 1.807) is 23.5 Å². The number of hydrogen-bond acceptors (Lipinski definition) is 4. The van der Waals surface area contributed by atoms with E-state index in [0.717, 1.165) is 29.4 Å². The minimum Gasteiger partial charge on any atom is -0.310 e. The van der Waals surface area contributed by atoms with Crippen molar-refractivity contribution in [3.05, 3.63) is 41.2 Å². The van der Waals surface area contributed by atoms with Gasteiger partial charge in [0, 0.05) is 28.8 Å². The first-order valence-electron chi connectivity index (χ1n) is 7.17. The molecule has 112 valence electrons. The van der Waals surface area contributed by atoms with E-state index in [9.17, 15) is 4.39 Å². The van der Waals surface area contributed by atoms with Crippen LogP contribution in [0.4, 0.5) is 4.39 Å². The Kier molecular flexibility index (Phi) is 4.62. The first kappa shape index (κ1) is 15.0. The fourth-order valence-electron chi connectivity index (χ4n) is 2.56. The van der Waals surface area contributed by atoms with Gasteiger partial charge in [-0.1, -0.05) is 6.42 Å². The lowest BCUT2D eigenvalue weighted by Crippen LogP contribution is -2.43. The van der Waals surface area contributed by atoms with Crippen LogP contribution >= 0.6 is 23.1 Å². The molecule has 1 fully saturated rings. The Hall–Kier alpha value is -0.910. The Balaban J connectivity index is 1.56. The molecule has 0 aliphatic heterocycles. The van der Waals surface area contributed by atoms with Gasteiger partial charge < -0.3 is 5.32 Å². The van der Waals surface area contributed by atoms with Gasteiger partial charge in [0.1, 0.15) is 10.8 Å². The number of halogens is 1. The van der Waals surface area contributed by atoms with E-state index in [4.69, 9.17) is 0 Å². The molecule has 2 nitrogen and oxygen atoms in total. The molecule has 0 amide bonds. The molecule has 1 aromatic carbocycles. The van der Waals surface area contributed by atoms with Crippen molar-refractivity contribution in [3.63, 3.8) is 0 Å². The van der Waals surface area contributed by atoms with Crippen LogP contribution in [0.2, 0.25) is 0 Å². The lowest BCUT2D eigenvalue weighted by Gasteiger charge is -2.40. The largest absolute Gasteiger partial charge is 0.310 e. The molecule has 1 heterocycles. The molecule has 1 aliphatic carbocycles. The van der Waals surface area contributed by atoms with Gasteiger partial charge in [0.15, 0.2) is 0 Å². The van der Waals surface area contributed by atoms with Gasteiger partial charge in [-0.15, -0.1) is 11.3 Å². The molecule has 1 aliphatic rings. The lowest BCUT2D eigenvalue weighted by molar-refractivity contribution is 0.345. The molecule has 0 saturated heterocycles. The van der Waals surface area contributed by atoms with Crippen molar-refractivity contribution in [1.29, 1.82) is 0 Å². The Labute approximate surface area is 133 Å². The van der Waals surface area contributed by atoms with E-state index in [1.165, 1.54) is 31.4 Å². The maximum atomic E-state index is 12.9. The summed E-state index contributed by atoms with van der Waals surface area (Å²) in [5.74, 6) is -0.208. The summed E-state index contributed by atoms with van der Waals surface area (Å²) in [5.41, 5.74) is 2.04. The molecule has 1 saturated carbocycles. The third-order valence-electron chi connectivity index (χ3n) is 4.09. The van der Waals surface area contributed by atoms with E-state index in [1.807, 2.05) is 11.8 Å². The fourth-order valence-corrected chi connectivity index (χ4v) is 4.32. The second-order valence-corrected chi connectivity index (χ2v) is 7.63. The average molecular weight is 322 g/mol. The first-order valence-corrected chi connectivity index (χ1v) is 9.27. The SMILES string of the molecule is CSC1(CNCc2csc(-c3ccc(F)cc3)n2)CCC1. The van der Waals surface area contributed by atoms with Crippen LogP contribution in [0.15, 0.2) is 29.6 Å². The normalized spacial score (nSPS) is 16.7. The van der Waals surface area contributed by atoms with Crippen molar-refractivity contribution in [1.82, 2.24) is 10.3 Å². The minimum atomic E-state index is -0.208. The van der Waals surface area contributed by atoms with E-state index < -0.39 is 0 Å². The second-order valence-electron chi connectivity index (χ2n) is 5.50. The summed E-state index contributed by atoms with van der Waals surface area (Å²) in [5, 5.41) is 6.57. The second kappa shape index (κ2) is 6.46. The van der Waals surface area contributed by atoms with Gasteiger partial charge in [-0.05, 0) is 43.4 Å². The van der Waals surface area contributed by atoms with Gasteiger partial charge >= 0.3 is 0 Å². The Morgan fingerprint density at radius 1 is 1.33 bits per heavy atom. The third kappa shape index (κ3) is 3.47. The molecule has 0 radical (unpaired) electrons. The molecular formula is C16H19FN2S2. The summed E-state index contributed by atoms with van der Waals surface area (Å²) >= 11 is 3.59. The highest BCUT2D eigenvalue weighted by Gasteiger charge is 2.35. The molecule has 21 heavy (non-hydrogen) atoms. The van der Waals surface area contributed by atoms with Crippen LogP contribution in [0, 0.1) is 5.82 Å². The van der Waals surface area contributed by atoms with Crippen LogP contribution in [0.5, 0.6) is 0 Å². The van der Waals surface area contributed by atoms with Crippen LogP contribution in [0.25, 0.3) is 10.6 Å². The van der Waals surface area contributed by atoms with Gasteiger partial charge in [-0.2, -0.15) is 11.8 Å². The number of thioether (sulfide) groups is 1. The molecule has 1 aromatic heterocycles. The molecule has 0 spiro atoms. The van der Waals surface area contributed by atoms with Gasteiger partial charge in [0.05, 0.1) is 5.69 Å². The van der Waals surface area contributed by atoms with Gasteiger partial charge in [0.2, 0.25) is 0 Å². The lowest BCUT2D eigenvalue weighted by atomic mass is 9.84. The first-order chi connectivity index (χ1) is 10.2. The minimum absolute atomic E-state index is 0.208.